The predicted molar refractivity (Wildman–Crippen MR) is 67.3 cm³/mol. The van der Waals surface area contributed by atoms with E-state index in [-0.39, 0.29) is 17.5 Å². The minimum atomic E-state index is -0.138. The summed E-state index contributed by atoms with van der Waals surface area (Å²) in [6.45, 7) is 8.90. The first-order valence-electron chi connectivity index (χ1n) is 6.44. The Bertz CT molecular complexity index is 229. The van der Waals surface area contributed by atoms with Gasteiger partial charge >= 0.3 is 0 Å². The first kappa shape index (κ1) is 13.5. The molecule has 16 heavy (non-hydrogen) atoms. The molecule has 2 N–H and O–H groups in total. The van der Waals surface area contributed by atoms with Gasteiger partial charge in [-0.3, -0.25) is 4.79 Å². The van der Waals surface area contributed by atoms with Gasteiger partial charge in [-0.1, -0.05) is 12.8 Å². The van der Waals surface area contributed by atoms with Gasteiger partial charge in [0.05, 0.1) is 6.04 Å². The number of carbonyl (C=O) groups excluding carboxylic acids is 1. The van der Waals surface area contributed by atoms with E-state index in [4.69, 9.17) is 0 Å². The molecule has 94 valence electrons. The van der Waals surface area contributed by atoms with E-state index in [0.29, 0.717) is 0 Å². The molecule has 0 spiro atoms. The van der Waals surface area contributed by atoms with Crippen LogP contribution in [-0.4, -0.2) is 24.0 Å². The van der Waals surface area contributed by atoms with Gasteiger partial charge in [0.25, 0.3) is 0 Å². The third-order valence-electron chi connectivity index (χ3n) is 2.83. The Morgan fingerprint density at radius 1 is 1.38 bits per heavy atom. The molecular formula is C13H26N2O. The number of amides is 1. The van der Waals surface area contributed by atoms with Gasteiger partial charge in [-0.25, -0.2) is 0 Å². The molecule has 3 nitrogen and oxygen atoms in total. The molecule has 0 saturated heterocycles. The molecule has 0 heterocycles. The van der Waals surface area contributed by atoms with Crippen molar-refractivity contribution in [1.29, 1.82) is 0 Å². The predicted octanol–water partition coefficient (Wildman–Crippen LogP) is 2.07. The molecule has 1 atom stereocenters. The largest absolute Gasteiger partial charge is 0.350 e. The van der Waals surface area contributed by atoms with Crippen LogP contribution in [0.5, 0.6) is 0 Å². The minimum Gasteiger partial charge on any atom is -0.350 e. The first-order valence-corrected chi connectivity index (χ1v) is 6.44. The molecule has 1 amide bonds. The van der Waals surface area contributed by atoms with Crippen LogP contribution in [0.1, 0.15) is 53.4 Å². The van der Waals surface area contributed by atoms with Crippen LogP contribution in [0.2, 0.25) is 0 Å². The molecular weight excluding hydrogens is 200 g/mol. The molecule has 0 aliphatic heterocycles. The SMILES string of the molecule is CC(NCCCC1CC1)C(=O)NC(C)(C)C. The second-order valence-corrected chi connectivity index (χ2v) is 6.00. The van der Waals surface area contributed by atoms with Crippen LogP contribution in [0.25, 0.3) is 0 Å². The zero-order valence-corrected chi connectivity index (χ0v) is 11.1. The van der Waals surface area contributed by atoms with Gasteiger partial charge in [-0.15, -0.1) is 0 Å². The third kappa shape index (κ3) is 6.11. The van der Waals surface area contributed by atoms with Crippen LogP contribution in [0.15, 0.2) is 0 Å². The van der Waals surface area contributed by atoms with Crippen LogP contribution >= 0.6 is 0 Å². The molecule has 0 bridgehead atoms. The molecule has 1 rings (SSSR count). The van der Waals surface area contributed by atoms with Gasteiger partial charge in [0.2, 0.25) is 5.91 Å². The van der Waals surface area contributed by atoms with Crippen molar-refractivity contribution in [3.63, 3.8) is 0 Å². The van der Waals surface area contributed by atoms with Crippen LogP contribution in [0.4, 0.5) is 0 Å². The monoisotopic (exact) mass is 226 g/mol. The third-order valence-corrected chi connectivity index (χ3v) is 2.83. The van der Waals surface area contributed by atoms with Crippen molar-refractivity contribution in [3.05, 3.63) is 0 Å². The average molecular weight is 226 g/mol. The van der Waals surface area contributed by atoms with Crippen molar-refractivity contribution in [2.45, 2.75) is 65.0 Å². The quantitative estimate of drug-likeness (QED) is 0.681. The highest BCUT2D eigenvalue weighted by molar-refractivity contribution is 5.81. The number of rotatable bonds is 6. The molecule has 3 heteroatoms. The topological polar surface area (TPSA) is 41.1 Å². The molecule has 0 aromatic heterocycles. The van der Waals surface area contributed by atoms with Crippen molar-refractivity contribution in [2.24, 2.45) is 5.92 Å². The molecule has 0 radical (unpaired) electrons. The summed E-state index contributed by atoms with van der Waals surface area (Å²) in [5, 5.41) is 6.26. The lowest BCUT2D eigenvalue weighted by Gasteiger charge is -2.23. The van der Waals surface area contributed by atoms with Gasteiger partial charge in [0.15, 0.2) is 0 Å². The van der Waals surface area contributed by atoms with Gasteiger partial charge in [-0.05, 0) is 53.0 Å². The zero-order chi connectivity index (χ0) is 12.2. The van der Waals surface area contributed by atoms with Crippen LogP contribution in [0, 0.1) is 5.92 Å². The van der Waals surface area contributed by atoms with Gasteiger partial charge in [-0.2, -0.15) is 0 Å². The highest BCUT2D eigenvalue weighted by Crippen LogP contribution is 2.33. The summed E-state index contributed by atoms with van der Waals surface area (Å²) in [7, 11) is 0. The van der Waals surface area contributed by atoms with Gasteiger partial charge < -0.3 is 10.6 Å². The van der Waals surface area contributed by atoms with Crippen molar-refractivity contribution < 1.29 is 4.79 Å². The summed E-state index contributed by atoms with van der Waals surface area (Å²) >= 11 is 0. The Morgan fingerprint density at radius 2 is 2.00 bits per heavy atom. The van der Waals surface area contributed by atoms with E-state index in [1.807, 2.05) is 27.7 Å². The van der Waals surface area contributed by atoms with Crippen molar-refractivity contribution >= 4 is 5.91 Å². The van der Waals surface area contributed by atoms with Crippen LogP contribution < -0.4 is 10.6 Å². The van der Waals surface area contributed by atoms with Crippen LogP contribution in [-0.2, 0) is 4.79 Å². The van der Waals surface area contributed by atoms with E-state index < -0.39 is 0 Å². The standard InChI is InChI=1S/C13H26N2O/c1-10(12(16)15-13(2,3)4)14-9-5-6-11-7-8-11/h10-11,14H,5-9H2,1-4H3,(H,15,16). The molecule has 0 aromatic rings. The summed E-state index contributed by atoms with van der Waals surface area (Å²) in [4.78, 5) is 11.7. The lowest BCUT2D eigenvalue weighted by atomic mass is 10.1. The fourth-order valence-electron chi connectivity index (χ4n) is 1.69. The molecule has 1 aliphatic carbocycles. The van der Waals surface area contributed by atoms with Crippen molar-refractivity contribution in [3.8, 4) is 0 Å². The highest BCUT2D eigenvalue weighted by atomic mass is 16.2. The maximum absolute atomic E-state index is 11.7. The number of hydrogen-bond donors (Lipinski definition) is 2. The summed E-state index contributed by atoms with van der Waals surface area (Å²) in [5.41, 5.74) is -0.138. The maximum Gasteiger partial charge on any atom is 0.237 e. The molecule has 1 saturated carbocycles. The van der Waals surface area contributed by atoms with E-state index in [2.05, 4.69) is 10.6 Å². The molecule has 1 aliphatic rings. The Hall–Kier alpha value is -0.570. The zero-order valence-electron chi connectivity index (χ0n) is 11.1. The number of carbonyl (C=O) groups is 1. The maximum atomic E-state index is 11.7. The Balaban J connectivity index is 2.07. The molecule has 1 fully saturated rings. The van der Waals surface area contributed by atoms with Crippen molar-refractivity contribution in [2.75, 3.05) is 6.54 Å². The smallest absolute Gasteiger partial charge is 0.237 e. The summed E-state index contributed by atoms with van der Waals surface area (Å²) < 4.78 is 0. The number of hydrogen-bond acceptors (Lipinski definition) is 2. The Morgan fingerprint density at radius 3 is 2.50 bits per heavy atom. The van der Waals surface area contributed by atoms with Crippen molar-refractivity contribution in [1.82, 2.24) is 10.6 Å². The van der Waals surface area contributed by atoms with Gasteiger partial charge in [0, 0.05) is 5.54 Å². The molecule has 0 aromatic carbocycles. The lowest BCUT2D eigenvalue weighted by Crippen LogP contribution is -2.49. The molecule has 1 unspecified atom stereocenters. The van der Waals surface area contributed by atoms with E-state index in [0.717, 1.165) is 12.5 Å². The highest BCUT2D eigenvalue weighted by Gasteiger charge is 2.21. The average Bonchev–Trinajstić information content (AvgIpc) is 2.92. The number of nitrogens with one attached hydrogen (secondary N) is 2. The summed E-state index contributed by atoms with van der Waals surface area (Å²) in [6.07, 6.45) is 5.35. The van der Waals surface area contributed by atoms with Gasteiger partial charge in [0.1, 0.15) is 0 Å². The fourth-order valence-corrected chi connectivity index (χ4v) is 1.69. The van der Waals surface area contributed by atoms with E-state index >= 15 is 0 Å². The van der Waals surface area contributed by atoms with E-state index in [9.17, 15) is 4.79 Å². The minimum absolute atomic E-state index is 0.0848. The Labute approximate surface area is 99.4 Å². The first-order chi connectivity index (χ1) is 7.38. The normalized spacial score (nSPS) is 18.2. The van der Waals surface area contributed by atoms with E-state index in [1.54, 1.807) is 0 Å². The Kier molecular flexibility index (Phi) is 4.78. The summed E-state index contributed by atoms with van der Waals surface area (Å²) in [5.74, 6) is 1.08. The van der Waals surface area contributed by atoms with Crippen LogP contribution in [0.3, 0.4) is 0 Å². The summed E-state index contributed by atoms with van der Waals surface area (Å²) in [6, 6.07) is -0.0848. The fraction of sp³-hybridized carbons (Fsp3) is 0.923. The second-order valence-electron chi connectivity index (χ2n) is 6.00. The second kappa shape index (κ2) is 5.67. The lowest BCUT2D eigenvalue weighted by molar-refractivity contribution is -0.124. The van der Waals surface area contributed by atoms with E-state index in [1.165, 1.54) is 25.7 Å².